The van der Waals surface area contributed by atoms with Gasteiger partial charge in [0.05, 0.1) is 6.10 Å². The van der Waals surface area contributed by atoms with E-state index >= 15 is 0 Å². The Kier molecular flexibility index (Phi) is 4.51. The first-order valence-electron chi connectivity index (χ1n) is 6.16. The molecule has 19 heavy (non-hydrogen) atoms. The number of aryl methyl sites for hydroxylation is 2. The quantitative estimate of drug-likeness (QED) is 0.855. The van der Waals surface area contributed by atoms with Crippen LogP contribution in [0.4, 0.5) is 0 Å². The summed E-state index contributed by atoms with van der Waals surface area (Å²) < 4.78 is 0. The number of hydrogen-bond donors (Lipinski definition) is 1. The van der Waals surface area contributed by atoms with Gasteiger partial charge in [-0.05, 0) is 54.3 Å². The third-order valence-electron chi connectivity index (χ3n) is 3.25. The Morgan fingerprint density at radius 3 is 2.26 bits per heavy atom. The van der Waals surface area contributed by atoms with E-state index in [9.17, 15) is 5.11 Å². The lowest BCUT2D eigenvalue weighted by Gasteiger charge is -2.15. The first kappa shape index (κ1) is 14.4. The van der Waals surface area contributed by atoms with Crippen LogP contribution < -0.4 is 0 Å². The van der Waals surface area contributed by atoms with Crippen molar-refractivity contribution in [3.8, 4) is 0 Å². The molecular weight excluding hydrogens is 279 g/mol. The van der Waals surface area contributed by atoms with Crippen LogP contribution in [-0.4, -0.2) is 5.11 Å². The fraction of sp³-hybridized carbons (Fsp3) is 0.250. The van der Waals surface area contributed by atoms with Gasteiger partial charge in [-0.2, -0.15) is 0 Å². The van der Waals surface area contributed by atoms with Gasteiger partial charge in [-0.15, -0.1) is 0 Å². The molecule has 2 aromatic carbocycles. The van der Waals surface area contributed by atoms with Gasteiger partial charge in [0.1, 0.15) is 0 Å². The van der Waals surface area contributed by atoms with Crippen molar-refractivity contribution in [1.29, 1.82) is 0 Å². The number of hydrogen-bond acceptors (Lipinski definition) is 1. The van der Waals surface area contributed by atoms with Crippen LogP contribution in [0.2, 0.25) is 10.0 Å². The monoisotopic (exact) mass is 294 g/mol. The smallest absolute Gasteiger partial charge is 0.0833 e. The van der Waals surface area contributed by atoms with Crippen LogP contribution in [-0.2, 0) is 6.42 Å². The summed E-state index contributed by atoms with van der Waals surface area (Å²) in [4.78, 5) is 0. The highest BCUT2D eigenvalue weighted by Crippen LogP contribution is 2.27. The molecule has 0 aromatic heterocycles. The van der Waals surface area contributed by atoms with Gasteiger partial charge in [-0.25, -0.2) is 0 Å². The van der Waals surface area contributed by atoms with Gasteiger partial charge < -0.3 is 5.11 Å². The van der Waals surface area contributed by atoms with Crippen molar-refractivity contribution in [2.45, 2.75) is 26.4 Å². The zero-order valence-electron chi connectivity index (χ0n) is 11.0. The molecule has 1 nitrogen and oxygen atoms in total. The molecule has 0 aliphatic rings. The normalized spacial score (nSPS) is 12.5. The van der Waals surface area contributed by atoms with Crippen LogP contribution in [0.1, 0.15) is 28.4 Å². The number of aliphatic hydroxyl groups excluding tert-OH is 1. The molecule has 0 radical (unpaired) electrons. The van der Waals surface area contributed by atoms with Crippen LogP contribution >= 0.6 is 23.2 Å². The molecule has 0 bridgehead atoms. The highest BCUT2D eigenvalue weighted by Gasteiger charge is 2.13. The standard InChI is InChI=1S/C16H16Cl2O/c1-10-8-15(18)11(2)7-14(10)16(19)9-12-3-5-13(17)6-4-12/h3-8,16,19H,9H2,1-2H3. The van der Waals surface area contributed by atoms with Gasteiger partial charge >= 0.3 is 0 Å². The Bertz CT molecular complexity index is 576. The molecule has 0 heterocycles. The largest absolute Gasteiger partial charge is 0.388 e. The highest BCUT2D eigenvalue weighted by molar-refractivity contribution is 6.31. The molecule has 0 aliphatic heterocycles. The Morgan fingerprint density at radius 2 is 1.63 bits per heavy atom. The van der Waals surface area contributed by atoms with Crippen molar-refractivity contribution in [3.05, 3.63) is 68.7 Å². The van der Waals surface area contributed by atoms with E-state index in [2.05, 4.69) is 0 Å². The second-order valence-electron chi connectivity index (χ2n) is 4.80. The Hall–Kier alpha value is -1.02. The van der Waals surface area contributed by atoms with E-state index in [-0.39, 0.29) is 0 Å². The van der Waals surface area contributed by atoms with E-state index in [0.29, 0.717) is 11.4 Å². The third-order valence-corrected chi connectivity index (χ3v) is 3.91. The lowest BCUT2D eigenvalue weighted by atomic mass is 9.96. The molecule has 0 spiro atoms. The van der Waals surface area contributed by atoms with Crippen LogP contribution in [0, 0.1) is 13.8 Å². The minimum atomic E-state index is -0.530. The van der Waals surface area contributed by atoms with Gasteiger partial charge in [0, 0.05) is 16.5 Å². The summed E-state index contributed by atoms with van der Waals surface area (Å²) in [6, 6.07) is 11.4. The topological polar surface area (TPSA) is 20.2 Å². The Morgan fingerprint density at radius 1 is 1.00 bits per heavy atom. The van der Waals surface area contributed by atoms with Gasteiger partial charge in [0.15, 0.2) is 0 Å². The maximum absolute atomic E-state index is 10.4. The van der Waals surface area contributed by atoms with Gasteiger partial charge in [-0.1, -0.05) is 41.4 Å². The summed E-state index contributed by atoms with van der Waals surface area (Å²) >= 11 is 11.9. The van der Waals surface area contributed by atoms with Crippen LogP contribution in [0.5, 0.6) is 0 Å². The predicted molar refractivity (Wildman–Crippen MR) is 81.0 cm³/mol. The second kappa shape index (κ2) is 5.96. The average molecular weight is 295 g/mol. The van der Waals surface area contributed by atoms with Crippen molar-refractivity contribution in [2.75, 3.05) is 0 Å². The predicted octanol–water partition coefficient (Wildman–Crippen LogP) is 4.89. The zero-order chi connectivity index (χ0) is 14.0. The summed E-state index contributed by atoms with van der Waals surface area (Å²) in [5.74, 6) is 0. The first-order valence-corrected chi connectivity index (χ1v) is 6.92. The molecule has 100 valence electrons. The van der Waals surface area contributed by atoms with Crippen molar-refractivity contribution >= 4 is 23.2 Å². The molecule has 1 N–H and O–H groups in total. The minimum Gasteiger partial charge on any atom is -0.388 e. The molecule has 2 rings (SSSR count). The van der Waals surface area contributed by atoms with E-state index in [1.54, 1.807) is 0 Å². The maximum Gasteiger partial charge on any atom is 0.0833 e. The summed E-state index contributed by atoms with van der Waals surface area (Å²) in [5.41, 5.74) is 3.98. The number of benzene rings is 2. The molecule has 3 heteroatoms. The number of halogens is 2. The van der Waals surface area contributed by atoms with Crippen molar-refractivity contribution in [2.24, 2.45) is 0 Å². The highest BCUT2D eigenvalue weighted by atomic mass is 35.5. The lowest BCUT2D eigenvalue weighted by Crippen LogP contribution is -2.04. The van der Waals surface area contributed by atoms with E-state index in [1.165, 1.54) is 0 Å². The van der Waals surface area contributed by atoms with Crippen molar-refractivity contribution in [3.63, 3.8) is 0 Å². The molecule has 1 atom stereocenters. The summed E-state index contributed by atoms with van der Waals surface area (Å²) in [7, 11) is 0. The Labute approximate surface area is 123 Å². The van der Waals surface area contributed by atoms with Gasteiger partial charge in [-0.3, -0.25) is 0 Å². The molecule has 1 unspecified atom stereocenters. The maximum atomic E-state index is 10.4. The third kappa shape index (κ3) is 3.50. The van der Waals surface area contributed by atoms with E-state index in [4.69, 9.17) is 23.2 Å². The molecule has 0 fully saturated rings. The van der Waals surface area contributed by atoms with E-state index in [1.807, 2.05) is 50.2 Å². The molecule has 0 amide bonds. The molecule has 0 saturated carbocycles. The molecule has 0 aliphatic carbocycles. The van der Waals surface area contributed by atoms with E-state index in [0.717, 1.165) is 27.3 Å². The van der Waals surface area contributed by atoms with Gasteiger partial charge in [0.25, 0.3) is 0 Å². The summed E-state index contributed by atoms with van der Waals surface area (Å²) in [5, 5.41) is 11.8. The SMILES string of the molecule is Cc1cc(C(O)Cc2ccc(Cl)cc2)c(C)cc1Cl. The van der Waals surface area contributed by atoms with Crippen LogP contribution in [0.25, 0.3) is 0 Å². The molecular formula is C16H16Cl2O. The first-order chi connectivity index (χ1) is 8.97. The summed E-state index contributed by atoms with van der Waals surface area (Å²) in [6.07, 6.45) is 0.0381. The minimum absolute atomic E-state index is 0.530. The fourth-order valence-electron chi connectivity index (χ4n) is 2.12. The lowest BCUT2D eigenvalue weighted by molar-refractivity contribution is 0.177. The average Bonchev–Trinajstić information content (AvgIpc) is 2.36. The summed E-state index contributed by atoms with van der Waals surface area (Å²) in [6.45, 7) is 3.91. The van der Waals surface area contributed by atoms with Crippen LogP contribution in [0.15, 0.2) is 36.4 Å². The number of aliphatic hydroxyl groups is 1. The Balaban J connectivity index is 2.22. The molecule has 2 aromatic rings. The van der Waals surface area contributed by atoms with E-state index < -0.39 is 6.10 Å². The van der Waals surface area contributed by atoms with Crippen LogP contribution in [0.3, 0.4) is 0 Å². The fourth-order valence-corrected chi connectivity index (χ4v) is 2.46. The van der Waals surface area contributed by atoms with Crippen molar-refractivity contribution < 1.29 is 5.11 Å². The number of rotatable bonds is 3. The second-order valence-corrected chi connectivity index (χ2v) is 5.65. The zero-order valence-corrected chi connectivity index (χ0v) is 12.5. The molecule has 0 saturated heterocycles. The van der Waals surface area contributed by atoms with Crippen molar-refractivity contribution in [1.82, 2.24) is 0 Å². The van der Waals surface area contributed by atoms with Gasteiger partial charge in [0.2, 0.25) is 0 Å².